The summed E-state index contributed by atoms with van der Waals surface area (Å²) in [6.07, 6.45) is 2.29. The number of aliphatic hydroxyl groups is 1. The van der Waals surface area contributed by atoms with Crippen molar-refractivity contribution in [1.29, 1.82) is 0 Å². The molecule has 88 valence electrons. The number of likely N-dealkylation sites (tertiary alicyclic amines) is 1. The molecule has 2 rings (SSSR count). The molecule has 6 nitrogen and oxygen atoms in total. The highest BCUT2D eigenvalue weighted by molar-refractivity contribution is 5.76. The Kier molecular flexibility index (Phi) is 2.59. The molecule has 1 aliphatic rings. The molecule has 0 spiro atoms. The van der Waals surface area contributed by atoms with Crippen molar-refractivity contribution in [3.8, 4) is 0 Å². The average Bonchev–Trinajstić information content (AvgIpc) is 2.72. The lowest BCUT2D eigenvalue weighted by atomic mass is 10.1. The van der Waals surface area contributed by atoms with Gasteiger partial charge in [-0.2, -0.15) is 5.10 Å². The highest BCUT2D eigenvalue weighted by Crippen LogP contribution is 2.20. The van der Waals surface area contributed by atoms with E-state index in [1.54, 1.807) is 24.1 Å². The Balaban J connectivity index is 1.94. The number of carbonyl (C=O) groups is 1. The van der Waals surface area contributed by atoms with Crippen LogP contribution in [0.3, 0.4) is 0 Å². The van der Waals surface area contributed by atoms with Crippen molar-refractivity contribution in [1.82, 2.24) is 14.7 Å². The molecule has 0 saturated carbocycles. The zero-order valence-electron chi connectivity index (χ0n) is 9.26. The molecule has 0 radical (unpaired) electrons. The number of amides is 1. The first kappa shape index (κ1) is 10.9. The molecular formula is C10H16N4O2. The van der Waals surface area contributed by atoms with Gasteiger partial charge in [0.1, 0.15) is 12.4 Å². The first-order chi connectivity index (χ1) is 7.46. The zero-order valence-corrected chi connectivity index (χ0v) is 9.26. The van der Waals surface area contributed by atoms with E-state index in [-0.39, 0.29) is 12.5 Å². The third kappa shape index (κ3) is 2.33. The minimum Gasteiger partial charge on any atom is -0.388 e. The lowest BCUT2D eigenvalue weighted by molar-refractivity contribution is -0.131. The second-order valence-corrected chi connectivity index (χ2v) is 4.50. The van der Waals surface area contributed by atoms with Crippen molar-refractivity contribution in [2.75, 3.05) is 18.8 Å². The number of β-amino-alcohol motifs (C(OH)–C–C–N with tert-alkyl or cyclic N) is 1. The van der Waals surface area contributed by atoms with Gasteiger partial charge in [-0.15, -0.1) is 0 Å². The van der Waals surface area contributed by atoms with Gasteiger partial charge in [0, 0.05) is 19.3 Å². The van der Waals surface area contributed by atoms with Gasteiger partial charge in [0.05, 0.1) is 5.60 Å². The Morgan fingerprint density at radius 3 is 3.00 bits per heavy atom. The summed E-state index contributed by atoms with van der Waals surface area (Å²) in [5.74, 6) is 0.363. The van der Waals surface area contributed by atoms with Gasteiger partial charge in [-0.05, 0) is 19.4 Å². The van der Waals surface area contributed by atoms with Crippen molar-refractivity contribution >= 4 is 11.7 Å². The fourth-order valence-corrected chi connectivity index (χ4v) is 1.86. The lowest BCUT2D eigenvalue weighted by Gasteiger charge is -2.18. The van der Waals surface area contributed by atoms with Gasteiger partial charge in [0.2, 0.25) is 5.91 Å². The van der Waals surface area contributed by atoms with E-state index in [1.807, 2.05) is 0 Å². The number of hydrogen-bond acceptors (Lipinski definition) is 4. The predicted molar refractivity (Wildman–Crippen MR) is 58.5 cm³/mol. The molecular weight excluding hydrogens is 208 g/mol. The highest BCUT2D eigenvalue weighted by Gasteiger charge is 2.33. The Bertz CT molecular complexity index is 399. The normalized spacial score (nSPS) is 25.0. The molecule has 0 aromatic carbocycles. The Morgan fingerprint density at radius 2 is 2.50 bits per heavy atom. The summed E-state index contributed by atoms with van der Waals surface area (Å²) in [5.41, 5.74) is 4.70. The molecule has 1 unspecified atom stereocenters. The van der Waals surface area contributed by atoms with Crippen LogP contribution in [0.2, 0.25) is 0 Å². The number of hydrogen-bond donors (Lipinski definition) is 2. The second-order valence-electron chi connectivity index (χ2n) is 4.50. The van der Waals surface area contributed by atoms with Crippen LogP contribution in [0.1, 0.15) is 13.3 Å². The van der Waals surface area contributed by atoms with Crippen LogP contribution in [-0.2, 0) is 11.3 Å². The molecule has 3 N–H and O–H groups in total. The van der Waals surface area contributed by atoms with Crippen LogP contribution in [0.5, 0.6) is 0 Å². The fraction of sp³-hybridized carbons (Fsp3) is 0.600. The van der Waals surface area contributed by atoms with E-state index in [0.29, 0.717) is 25.3 Å². The monoisotopic (exact) mass is 224 g/mol. The van der Waals surface area contributed by atoms with Gasteiger partial charge in [-0.1, -0.05) is 0 Å². The molecule has 1 fully saturated rings. The second kappa shape index (κ2) is 3.79. The summed E-state index contributed by atoms with van der Waals surface area (Å²) < 4.78 is 1.50. The van der Waals surface area contributed by atoms with Crippen LogP contribution in [0.25, 0.3) is 0 Å². The largest absolute Gasteiger partial charge is 0.388 e. The van der Waals surface area contributed by atoms with Crippen molar-refractivity contribution < 1.29 is 9.90 Å². The predicted octanol–water partition coefficient (Wildman–Crippen LogP) is -0.551. The summed E-state index contributed by atoms with van der Waals surface area (Å²) in [4.78, 5) is 13.5. The molecule has 2 heterocycles. The summed E-state index contributed by atoms with van der Waals surface area (Å²) in [5, 5.41) is 13.7. The molecule has 16 heavy (non-hydrogen) atoms. The van der Waals surface area contributed by atoms with Gasteiger partial charge in [0.15, 0.2) is 0 Å². The number of carbonyl (C=O) groups excluding carboxylic acids is 1. The van der Waals surface area contributed by atoms with Crippen LogP contribution in [-0.4, -0.2) is 44.4 Å². The summed E-state index contributed by atoms with van der Waals surface area (Å²) >= 11 is 0. The Hall–Kier alpha value is -1.56. The maximum atomic E-state index is 11.8. The summed E-state index contributed by atoms with van der Waals surface area (Å²) in [7, 11) is 0. The van der Waals surface area contributed by atoms with Gasteiger partial charge in [-0.25, -0.2) is 0 Å². The topological polar surface area (TPSA) is 84.4 Å². The number of anilines is 1. The number of nitrogens with two attached hydrogens (primary N) is 1. The smallest absolute Gasteiger partial charge is 0.244 e. The average molecular weight is 224 g/mol. The van der Waals surface area contributed by atoms with E-state index in [9.17, 15) is 9.90 Å². The molecule has 0 bridgehead atoms. The van der Waals surface area contributed by atoms with E-state index < -0.39 is 5.60 Å². The molecule has 0 aliphatic carbocycles. The van der Waals surface area contributed by atoms with Crippen molar-refractivity contribution in [2.24, 2.45) is 0 Å². The van der Waals surface area contributed by atoms with Crippen LogP contribution >= 0.6 is 0 Å². The van der Waals surface area contributed by atoms with E-state index in [2.05, 4.69) is 5.10 Å². The van der Waals surface area contributed by atoms with Gasteiger partial charge < -0.3 is 15.7 Å². The van der Waals surface area contributed by atoms with Crippen LogP contribution in [0.15, 0.2) is 12.3 Å². The molecule has 1 aromatic rings. The molecule has 1 aliphatic heterocycles. The maximum absolute atomic E-state index is 11.8. The fourth-order valence-electron chi connectivity index (χ4n) is 1.86. The quantitative estimate of drug-likeness (QED) is 0.706. The summed E-state index contributed by atoms with van der Waals surface area (Å²) in [6, 6.07) is 1.65. The van der Waals surface area contributed by atoms with Gasteiger partial charge >= 0.3 is 0 Å². The number of aromatic nitrogens is 2. The van der Waals surface area contributed by atoms with Crippen molar-refractivity contribution in [2.45, 2.75) is 25.5 Å². The maximum Gasteiger partial charge on any atom is 0.244 e. The van der Waals surface area contributed by atoms with E-state index >= 15 is 0 Å². The molecule has 1 saturated heterocycles. The van der Waals surface area contributed by atoms with Crippen molar-refractivity contribution in [3.05, 3.63) is 12.3 Å². The number of nitrogens with zero attached hydrogens (tertiary/aromatic N) is 3. The minimum absolute atomic E-state index is 0.0409. The molecule has 6 heteroatoms. The molecule has 1 aromatic heterocycles. The standard InChI is InChI=1S/C10H16N4O2/c1-10(16)3-5-13(7-10)9(15)6-14-4-2-8(11)12-14/h2,4,16H,3,5-7H2,1H3,(H2,11,12). The SMILES string of the molecule is CC1(O)CCN(C(=O)Cn2ccc(N)n2)C1. The molecule has 1 atom stereocenters. The van der Waals surface area contributed by atoms with Crippen LogP contribution in [0.4, 0.5) is 5.82 Å². The lowest BCUT2D eigenvalue weighted by Crippen LogP contribution is -2.35. The Labute approximate surface area is 93.6 Å². The minimum atomic E-state index is -0.751. The Morgan fingerprint density at radius 1 is 1.75 bits per heavy atom. The van der Waals surface area contributed by atoms with Gasteiger partial charge in [0.25, 0.3) is 0 Å². The third-order valence-electron chi connectivity index (χ3n) is 2.76. The first-order valence-corrected chi connectivity index (χ1v) is 5.25. The molecule has 1 amide bonds. The van der Waals surface area contributed by atoms with E-state index in [4.69, 9.17) is 5.73 Å². The first-order valence-electron chi connectivity index (χ1n) is 5.25. The summed E-state index contributed by atoms with van der Waals surface area (Å²) in [6.45, 7) is 2.91. The number of rotatable bonds is 2. The number of nitrogen functional groups attached to an aromatic ring is 1. The van der Waals surface area contributed by atoms with Crippen LogP contribution < -0.4 is 5.73 Å². The third-order valence-corrected chi connectivity index (χ3v) is 2.76. The highest BCUT2D eigenvalue weighted by atomic mass is 16.3. The van der Waals surface area contributed by atoms with E-state index in [0.717, 1.165) is 0 Å². The van der Waals surface area contributed by atoms with Gasteiger partial charge in [-0.3, -0.25) is 9.48 Å². The van der Waals surface area contributed by atoms with E-state index in [1.165, 1.54) is 4.68 Å². The van der Waals surface area contributed by atoms with Crippen molar-refractivity contribution in [3.63, 3.8) is 0 Å². The zero-order chi connectivity index (χ0) is 11.8. The van der Waals surface area contributed by atoms with Crippen LogP contribution in [0, 0.1) is 0 Å².